The van der Waals surface area contributed by atoms with E-state index in [1.807, 2.05) is 6.07 Å². The largest absolute Gasteiger partial charge is 0.462 e. The second kappa shape index (κ2) is 11.4. The van der Waals surface area contributed by atoms with Crippen molar-refractivity contribution in [3.05, 3.63) is 17.8 Å². The Morgan fingerprint density at radius 1 is 0.939 bits per heavy atom. The van der Waals surface area contributed by atoms with Crippen molar-refractivity contribution >= 4 is 11.6 Å². The van der Waals surface area contributed by atoms with Gasteiger partial charge in [-0.2, -0.15) is 9.97 Å². The van der Waals surface area contributed by atoms with Crippen LogP contribution in [0.2, 0.25) is 0 Å². The Morgan fingerprint density at radius 3 is 2.58 bits per heavy atom. The average molecular weight is 459 g/mol. The highest BCUT2D eigenvalue weighted by Crippen LogP contribution is 2.40. The number of hydrazine groups is 1. The molecule has 0 unspecified atom stereocenters. The van der Waals surface area contributed by atoms with Crippen molar-refractivity contribution in [3.63, 3.8) is 0 Å². The molecule has 2 saturated heterocycles. The molecule has 2 aliphatic heterocycles. The van der Waals surface area contributed by atoms with Gasteiger partial charge < -0.3 is 24.5 Å². The SMILES string of the molecule is C1=C(NNc2cc(N3CCOCC3)nc(OCCN3CCOCC3)n2)[C@H]2CCCC[C@@H]2CC1. The predicted octanol–water partition coefficient (Wildman–Crippen LogP) is 2.42. The first-order valence-electron chi connectivity index (χ1n) is 12.7. The molecular formula is C24H38N6O3. The lowest BCUT2D eigenvalue weighted by atomic mass is 9.72. The van der Waals surface area contributed by atoms with E-state index in [1.165, 1.54) is 37.8 Å². The summed E-state index contributed by atoms with van der Waals surface area (Å²) in [6.07, 6.45) is 10.2. The van der Waals surface area contributed by atoms with Gasteiger partial charge in [0.25, 0.3) is 0 Å². The third-order valence-electron chi connectivity index (χ3n) is 7.31. The Balaban J connectivity index is 1.24. The van der Waals surface area contributed by atoms with Gasteiger partial charge >= 0.3 is 6.01 Å². The van der Waals surface area contributed by atoms with E-state index in [1.54, 1.807) is 0 Å². The highest BCUT2D eigenvalue weighted by Gasteiger charge is 2.30. The van der Waals surface area contributed by atoms with Crippen LogP contribution >= 0.6 is 0 Å². The number of allylic oxidation sites excluding steroid dienone is 2. The normalized spacial score (nSPS) is 26.3. The zero-order valence-electron chi connectivity index (χ0n) is 19.6. The second-order valence-corrected chi connectivity index (χ2v) is 9.43. The molecule has 3 heterocycles. The predicted molar refractivity (Wildman–Crippen MR) is 127 cm³/mol. The van der Waals surface area contributed by atoms with Gasteiger partial charge in [-0.15, -0.1) is 0 Å². The Labute approximate surface area is 196 Å². The van der Waals surface area contributed by atoms with E-state index in [0.29, 0.717) is 31.7 Å². The molecule has 3 fully saturated rings. The number of fused-ring (bicyclic) bond motifs is 1. The lowest BCUT2D eigenvalue weighted by Crippen LogP contribution is -2.39. The fraction of sp³-hybridized carbons (Fsp3) is 0.750. The van der Waals surface area contributed by atoms with Crippen molar-refractivity contribution in [2.45, 2.75) is 38.5 Å². The molecule has 0 bridgehead atoms. The van der Waals surface area contributed by atoms with Crippen molar-refractivity contribution in [1.29, 1.82) is 0 Å². The molecule has 182 valence electrons. The van der Waals surface area contributed by atoms with Crippen molar-refractivity contribution in [1.82, 2.24) is 20.3 Å². The number of morpholine rings is 2. The molecule has 4 aliphatic rings. The van der Waals surface area contributed by atoms with Crippen LogP contribution in [0.4, 0.5) is 11.6 Å². The molecule has 5 rings (SSSR count). The highest BCUT2D eigenvalue weighted by atomic mass is 16.5. The lowest BCUT2D eigenvalue weighted by Gasteiger charge is -2.36. The zero-order valence-corrected chi connectivity index (χ0v) is 19.6. The van der Waals surface area contributed by atoms with E-state index in [0.717, 1.165) is 69.9 Å². The fourth-order valence-corrected chi connectivity index (χ4v) is 5.43. The van der Waals surface area contributed by atoms with Crippen LogP contribution in [0.5, 0.6) is 6.01 Å². The number of nitrogens with zero attached hydrogens (tertiary/aromatic N) is 4. The summed E-state index contributed by atoms with van der Waals surface area (Å²) in [5.41, 5.74) is 8.20. The molecule has 1 aromatic rings. The Hall–Kier alpha value is -2.10. The van der Waals surface area contributed by atoms with Crippen LogP contribution in [0.15, 0.2) is 17.8 Å². The Kier molecular flexibility index (Phi) is 7.80. The zero-order chi connectivity index (χ0) is 22.3. The van der Waals surface area contributed by atoms with E-state index >= 15 is 0 Å². The van der Waals surface area contributed by atoms with E-state index in [4.69, 9.17) is 19.2 Å². The molecule has 9 nitrogen and oxygen atoms in total. The molecule has 2 atom stereocenters. The van der Waals surface area contributed by atoms with Crippen LogP contribution in [-0.4, -0.2) is 80.6 Å². The molecule has 0 radical (unpaired) electrons. The molecule has 0 aromatic carbocycles. The van der Waals surface area contributed by atoms with E-state index < -0.39 is 0 Å². The highest BCUT2D eigenvalue weighted by molar-refractivity contribution is 5.50. The molecule has 2 aliphatic carbocycles. The minimum absolute atomic E-state index is 0.421. The lowest BCUT2D eigenvalue weighted by molar-refractivity contribution is 0.0317. The number of rotatable bonds is 8. The summed E-state index contributed by atoms with van der Waals surface area (Å²) in [5, 5.41) is 0. The number of hydrogen-bond donors (Lipinski definition) is 2. The summed E-state index contributed by atoms with van der Waals surface area (Å²) in [4.78, 5) is 14.0. The summed E-state index contributed by atoms with van der Waals surface area (Å²) in [5.74, 6) is 3.09. The topological polar surface area (TPSA) is 84.0 Å². The van der Waals surface area contributed by atoms with Crippen molar-refractivity contribution in [2.75, 3.05) is 76.1 Å². The number of aromatic nitrogens is 2. The van der Waals surface area contributed by atoms with Crippen molar-refractivity contribution in [2.24, 2.45) is 11.8 Å². The summed E-state index contributed by atoms with van der Waals surface area (Å²) in [6, 6.07) is 2.43. The first-order chi connectivity index (χ1) is 16.3. The first-order valence-corrected chi connectivity index (χ1v) is 12.7. The van der Waals surface area contributed by atoms with Gasteiger partial charge in [-0.25, -0.2) is 0 Å². The van der Waals surface area contributed by atoms with Crippen LogP contribution in [0, 0.1) is 11.8 Å². The summed E-state index contributed by atoms with van der Waals surface area (Å²) >= 11 is 0. The van der Waals surface area contributed by atoms with Crippen LogP contribution in [-0.2, 0) is 9.47 Å². The van der Waals surface area contributed by atoms with Crippen LogP contribution in [0.25, 0.3) is 0 Å². The smallest absolute Gasteiger partial charge is 0.320 e. The van der Waals surface area contributed by atoms with Gasteiger partial charge in [-0.3, -0.25) is 10.3 Å². The summed E-state index contributed by atoms with van der Waals surface area (Å²) in [6.45, 7) is 7.99. The third-order valence-corrected chi connectivity index (χ3v) is 7.31. The van der Waals surface area contributed by atoms with Crippen LogP contribution in [0.3, 0.4) is 0 Å². The first kappa shape index (κ1) is 22.7. The van der Waals surface area contributed by atoms with Crippen molar-refractivity contribution < 1.29 is 14.2 Å². The molecule has 1 saturated carbocycles. The van der Waals surface area contributed by atoms with E-state index in [2.05, 4.69) is 31.7 Å². The van der Waals surface area contributed by atoms with Gasteiger partial charge in [0, 0.05) is 50.4 Å². The summed E-state index contributed by atoms with van der Waals surface area (Å²) < 4.78 is 17.0. The van der Waals surface area contributed by atoms with Crippen LogP contribution < -0.4 is 20.5 Å². The number of hydrogen-bond acceptors (Lipinski definition) is 9. The fourth-order valence-electron chi connectivity index (χ4n) is 5.43. The molecule has 0 spiro atoms. The Morgan fingerprint density at radius 2 is 1.73 bits per heavy atom. The van der Waals surface area contributed by atoms with Crippen LogP contribution in [0.1, 0.15) is 38.5 Å². The maximum atomic E-state index is 6.01. The average Bonchev–Trinajstić information content (AvgIpc) is 2.88. The third kappa shape index (κ3) is 6.07. The van der Waals surface area contributed by atoms with Crippen molar-refractivity contribution in [3.8, 4) is 6.01 Å². The van der Waals surface area contributed by atoms with Gasteiger partial charge in [0.05, 0.1) is 26.4 Å². The number of ether oxygens (including phenoxy) is 3. The van der Waals surface area contributed by atoms with E-state index in [9.17, 15) is 0 Å². The number of anilines is 2. The number of nitrogens with one attached hydrogen (secondary N) is 2. The molecule has 1 aromatic heterocycles. The molecular weight excluding hydrogens is 420 g/mol. The van der Waals surface area contributed by atoms with E-state index in [-0.39, 0.29) is 0 Å². The minimum atomic E-state index is 0.421. The second-order valence-electron chi connectivity index (χ2n) is 9.43. The molecule has 9 heteroatoms. The Bertz CT molecular complexity index is 794. The van der Waals surface area contributed by atoms with Gasteiger partial charge in [0.2, 0.25) is 0 Å². The van der Waals surface area contributed by atoms with Gasteiger partial charge in [-0.05, 0) is 31.6 Å². The molecule has 2 N–H and O–H groups in total. The summed E-state index contributed by atoms with van der Waals surface area (Å²) in [7, 11) is 0. The molecule has 0 amide bonds. The standard InChI is InChI=1S/C24H38N6O3/c1-2-6-20-19(4-1)5-3-7-21(20)27-28-22-18-23(30-11-15-32-16-12-30)26-24(25-22)33-17-10-29-8-13-31-14-9-29/h7,18-20,27H,1-6,8-17H2,(H,25,26,28)/t19-,20+/m1/s1. The maximum Gasteiger partial charge on any atom is 0.320 e. The monoisotopic (exact) mass is 458 g/mol. The maximum absolute atomic E-state index is 6.01. The van der Waals surface area contributed by atoms with Gasteiger partial charge in [0.1, 0.15) is 12.4 Å². The molecule has 33 heavy (non-hydrogen) atoms. The van der Waals surface area contributed by atoms with Gasteiger partial charge in [-0.1, -0.05) is 18.9 Å². The minimum Gasteiger partial charge on any atom is -0.462 e. The van der Waals surface area contributed by atoms with Gasteiger partial charge in [0.15, 0.2) is 5.82 Å². The quantitative estimate of drug-likeness (QED) is 0.571.